The van der Waals surface area contributed by atoms with E-state index in [1.807, 2.05) is 0 Å². The van der Waals surface area contributed by atoms with Gasteiger partial charge in [-0.25, -0.2) is 13.6 Å². The van der Waals surface area contributed by atoms with Gasteiger partial charge in [0.15, 0.2) is 0 Å². The molecule has 0 bridgehead atoms. The van der Waals surface area contributed by atoms with Crippen molar-refractivity contribution in [3.8, 4) is 0 Å². The molecule has 10 heteroatoms. The number of hydrogen-bond acceptors (Lipinski definition) is 5. The molecule has 3 aromatic rings. The van der Waals surface area contributed by atoms with E-state index < -0.39 is 17.8 Å². The first kappa shape index (κ1) is 29.4. The second-order valence-electron chi connectivity index (χ2n) is 9.83. The van der Waals surface area contributed by atoms with Crippen LogP contribution in [0.25, 0.3) is 0 Å². The van der Waals surface area contributed by atoms with Crippen molar-refractivity contribution >= 4 is 23.7 Å². The van der Waals surface area contributed by atoms with E-state index in [4.69, 9.17) is 4.74 Å². The van der Waals surface area contributed by atoms with Crippen molar-refractivity contribution in [3.63, 3.8) is 0 Å². The van der Waals surface area contributed by atoms with E-state index in [1.54, 1.807) is 24.3 Å². The van der Waals surface area contributed by atoms with Gasteiger partial charge in [0.2, 0.25) is 11.8 Å². The minimum atomic E-state index is -0.785. The highest BCUT2D eigenvalue weighted by atomic mass is 19.1. The second-order valence-corrected chi connectivity index (χ2v) is 9.83. The average Bonchev–Trinajstić information content (AvgIpc) is 3.44. The number of nitrogens with one attached hydrogen (secondary N) is 2. The SMILES string of the molecule is COC(=O)c1ccc(C(=O)N2CC(C(=O)NCCc3ccc(F)cc3)C(C(=O)NCCc3ccc(F)cc3)C2)cc1. The number of likely N-dealkylation sites (tertiary alicyclic amines) is 1. The van der Waals surface area contributed by atoms with Gasteiger partial charge < -0.3 is 20.3 Å². The fourth-order valence-corrected chi connectivity index (χ4v) is 4.77. The number of amides is 3. The van der Waals surface area contributed by atoms with Gasteiger partial charge in [-0.15, -0.1) is 0 Å². The largest absolute Gasteiger partial charge is 0.465 e. The maximum atomic E-state index is 13.3. The second kappa shape index (κ2) is 13.6. The summed E-state index contributed by atoms with van der Waals surface area (Å²) in [7, 11) is 1.27. The Morgan fingerprint density at radius 1 is 0.707 bits per heavy atom. The molecule has 214 valence electrons. The molecule has 0 saturated carbocycles. The summed E-state index contributed by atoms with van der Waals surface area (Å²) in [6, 6.07) is 17.9. The van der Waals surface area contributed by atoms with Crippen molar-refractivity contribution in [3.05, 3.63) is 107 Å². The number of halogens is 2. The van der Waals surface area contributed by atoms with Gasteiger partial charge in [0.1, 0.15) is 11.6 Å². The molecular weight excluding hydrogens is 532 g/mol. The van der Waals surface area contributed by atoms with Crippen molar-refractivity contribution in [2.75, 3.05) is 33.3 Å². The Morgan fingerprint density at radius 3 is 1.54 bits per heavy atom. The molecule has 3 amide bonds. The Bertz CT molecular complexity index is 1310. The maximum absolute atomic E-state index is 13.3. The van der Waals surface area contributed by atoms with E-state index in [-0.39, 0.29) is 55.5 Å². The van der Waals surface area contributed by atoms with Crippen LogP contribution in [0.15, 0.2) is 72.8 Å². The Morgan fingerprint density at radius 2 is 1.12 bits per heavy atom. The minimum absolute atomic E-state index is 0.0377. The van der Waals surface area contributed by atoms with Crippen LogP contribution in [-0.4, -0.2) is 61.9 Å². The zero-order valence-corrected chi connectivity index (χ0v) is 22.6. The summed E-state index contributed by atoms with van der Waals surface area (Å²) in [5.41, 5.74) is 2.30. The number of carbonyl (C=O) groups is 4. The van der Waals surface area contributed by atoms with Crippen molar-refractivity contribution < 1.29 is 32.7 Å². The lowest BCUT2D eigenvalue weighted by Crippen LogP contribution is -2.42. The van der Waals surface area contributed by atoms with E-state index in [1.165, 1.54) is 60.5 Å². The Kier molecular flexibility index (Phi) is 9.78. The molecule has 2 atom stereocenters. The van der Waals surface area contributed by atoms with Crippen LogP contribution in [0.2, 0.25) is 0 Å². The molecule has 2 N–H and O–H groups in total. The number of rotatable bonds is 10. The molecule has 0 radical (unpaired) electrons. The normalized spacial score (nSPS) is 16.2. The smallest absolute Gasteiger partial charge is 0.337 e. The molecule has 3 aromatic carbocycles. The molecule has 2 unspecified atom stereocenters. The number of benzene rings is 3. The predicted octanol–water partition coefficient (Wildman–Crippen LogP) is 3.16. The first-order valence-electron chi connectivity index (χ1n) is 13.3. The molecule has 0 aliphatic carbocycles. The van der Waals surface area contributed by atoms with Crippen LogP contribution in [0.4, 0.5) is 8.78 Å². The maximum Gasteiger partial charge on any atom is 0.337 e. The monoisotopic (exact) mass is 563 g/mol. The van der Waals surface area contributed by atoms with Crippen LogP contribution in [0, 0.1) is 23.5 Å². The van der Waals surface area contributed by atoms with E-state index in [0.717, 1.165) is 11.1 Å². The standard InChI is InChI=1S/C31H31F2N3O5/c1-41-31(40)23-8-6-22(7-9-23)30(39)36-18-26(28(37)34-16-14-20-2-10-24(32)11-3-20)27(19-36)29(38)35-17-15-21-4-12-25(33)13-5-21/h2-13,26-27H,14-19H2,1H3,(H,34,37)(H,35,38). The summed E-state index contributed by atoms with van der Waals surface area (Å²) in [6.45, 7) is 0.637. The van der Waals surface area contributed by atoms with Crippen LogP contribution in [-0.2, 0) is 27.2 Å². The average molecular weight is 564 g/mol. The Balaban J connectivity index is 1.42. The van der Waals surface area contributed by atoms with E-state index in [9.17, 15) is 28.0 Å². The third kappa shape index (κ3) is 7.75. The summed E-state index contributed by atoms with van der Waals surface area (Å²) < 4.78 is 31.1. The number of hydrogen-bond donors (Lipinski definition) is 2. The van der Waals surface area contributed by atoms with E-state index in [0.29, 0.717) is 24.0 Å². The van der Waals surface area contributed by atoms with Gasteiger partial charge in [-0.2, -0.15) is 0 Å². The topological polar surface area (TPSA) is 105 Å². The molecular formula is C31H31F2N3O5. The number of ether oxygens (including phenoxy) is 1. The summed E-state index contributed by atoms with van der Waals surface area (Å²) >= 11 is 0. The Hall–Kier alpha value is -4.60. The number of carbonyl (C=O) groups excluding carboxylic acids is 4. The fraction of sp³-hybridized carbons (Fsp3) is 0.290. The molecule has 41 heavy (non-hydrogen) atoms. The molecule has 8 nitrogen and oxygen atoms in total. The zero-order valence-electron chi connectivity index (χ0n) is 22.6. The van der Waals surface area contributed by atoms with Gasteiger partial charge >= 0.3 is 5.97 Å². The van der Waals surface area contributed by atoms with Crippen LogP contribution in [0.5, 0.6) is 0 Å². The third-order valence-corrected chi connectivity index (χ3v) is 7.09. The summed E-state index contributed by atoms with van der Waals surface area (Å²) in [6.07, 6.45) is 0.949. The van der Waals surface area contributed by atoms with Crippen LogP contribution < -0.4 is 10.6 Å². The van der Waals surface area contributed by atoms with Gasteiger partial charge in [-0.3, -0.25) is 14.4 Å². The molecule has 1 aliphatic heterocycles. The molecule has 0 aromatic heterocycles. The fourth-order valence-electron chi connectivity index (χ4n) is 4.77. The van der Waals surface area contributed by atoms with E-state index >= 15 is 0 Å². The van der Waals surface area contributed by atoms with Gasteiger partial charge in [0, 0.05) is 31.7 Å². The number of esters is 1. The minimum Gasteiger partial charge on any atom is -0.465 e. The van der Waals surface area contributed by atoms with Gasteiger partial charge in [-0.05, 0) is 72.5 Å². The highest BCUT2D eigenvalue weighted by molar-refractivity contribution is 5.98. The molecule has 4 rings (SSSR count). The van der Waals surface area contributed by atoms with Gasteiger partial charge in [0.05, 0.1) is 24.5 Å². The number of nitrogens with zero attached hydrogens (tertiary/aromatic N) is 1. The van der Waals surface area contributed by atoms with Crippen molar-refractivity contribution in [2.24, 2.45) is 11.8 Å². The van der Waals surface area contributed by atoms with Crippen molar-refractivity contribution in [2.45, 2.75) is 12.8 Å². The first-order valence-corrected chi connectivity index (χ1v) is 13.3. The lowest BCUT2D eigenvalue weighted by atomic mass is 9.94. The van der Waals surface area contributed by atoms with Crippen LogP contribution in [0.3, 0.4) is 0 Å². The highest BCUT2D eigenvalue weighted by Gasteiger charge is 2.43. The third-order valence-electron chi connectivity index (χ3n) is 7.09. The van der Waals surface area contributed by atoms with Crippen LogP contribution in [0.1, 0.15) is 31.8 Å². The van der Waals surface area contributed by atoms with E-state index in [2.05, 4.69) is 10.6 Å². The summed E-state index contributed by atoms with van der Waals surface area (Å²) in [5, 5.41) is 5.70. The van der Waals surface area contributed by atoms with Crippen LogP contribution >= 0.6 is 0 Å². The lowest BCUT2D eigenvalue weighted by Gasteiger charge is -2.17. The molecule has 1 fully saturated rings. The van der Waals surface area contributed by atoms with Crippen molar-refractivity contribution in [1.29, 1.82) is 0 Å². The zero-order chi connectivity index (χ0) is 29.4. The molecule has 0 spiro atoms. The summed E-state index contributed by atoms with van der Waals surface area (Å²) in [4.78, 5) is 52.9. The highest BCUT2D eigenvalue weighted by Crippen LogP contribution is 2.26. The van der Waals surface area contributed by atoms with Gasteiger partial charge in [-0.1, -0.05) is 24.3 Å². The Labute approximate surface area is 236 Å². The van der Waals surface area contributed by atoms with Crippen molar-refractivity contribution in [1.82, 2.24) is 15.5 Å². The molecule has 1 aliphatic rings. The first-order chi connectivity index (χ1) is 19.7. The van der Waals surface area contributed by atoms with Gasteiger partial charge in [0.25, 0.3) is 5.91 Å². The quantitative estimate of drug-likeness (QED) is 0.369. The predicted molar refractivity (Wildman–Crippen MR) is 147 cm³/mol. The number of methoxy groups -OCH3 is 1. The summed E-state index contributed by atoms with van der Waals surface area (Å²) in [5.74, 6) is -3.88. The molecule has 1 heterocycles. The lowest BCUT2D eigenvalue weighted by molar-refractivity contribution is -0.132. The molecule has 1 saturated heterocycles.